The van der Waals surface area contributed by atoms with Gasteiger partial charge in [0.25, 0.3) is 0 Å². The number of hydrogen-bond acceptors (Lipinski definition) is 1. The molecule has 1 aliphatic rings. The van der Waals surface area contributed by atoms with Crippen LogP contribution in [0.4, 0.5) is 8.78 Å². The van der Waals surface area contributed by atoms with Crippen LogP contribution in [0.25, 0.3) is 0 Å². The summed E-state index contributed by atoms with van der Waals surface area (Å²) in [6.07, 6.45) is 1.16. The zero-order valence-corrected chi connectivity index (χ0v) is 12.6. The molecule has 1 amide bonds. The maximum Gasteiger partial charge on any atom is 0.248 e. The molecule has 106 valence electrons. The van der Waals surface area contributed by atoms with Crippen molar-refractivity contribution in [2.24, 2.45) is 11.8 Å². The number of hydrogen-bond donors (Lipinski definition) is 1. The third-order valence-corrected chi connectivity index (χ3v) is 4.10. The summed E-state index contributed by atoms with van der Waals surface area (Å²) in [6, 6.07) is 0.124. The first-order valence-electron chi connectivity index (χ1n) is 6.60. The molecule has 5 heteroatoms. The fourth-order valence-electron chi connectivity index (χ4n) is 2.29. The Bertz CT molecular complexity index is 274. The van der Waals surface area contributed by atoms with Crippen LogP contribution in [-0.4, -0.2) is 23.2 Å². The Kier molecular flexibility index (Phi) is 6.02. The maximum absolute atomic E-state index is 13.0. The zero-order chi connectivity index (χ0) is 13.8. The van der Waals surface area contributed by atoms with Crippen LogP contribution in [0.2, 0.25) is 0 Å². The van der Waals surface area contributed by atoms with Crippen LogP contribution in [0.3, 0.4) is 0 Å². The second-order valence-corrected chi connectivity index (χ2v) is 6.26. The average molecular weight is 326 g/mol. The Balaban J connectivity index is 2.45. The Morgan fingerprint density at radius 1 is 1.39 bits per heavy atom. The second kappa shape index (κ2) is 6.83. The first-order chi connectivity index (χ1) is 8.35. The monoisotopic (exact) mass is 325 g/mol. The van der Waals surface area contributed by atoms with Gasteiger partial charge in [0.2, 0.25) is 11.8 Å². The molecule has 18 heavy (non-hydrogen) atoms. The van der Waals surface area contributed by atoms with E-state index in [4.69, 9.17) is 0 Å². The fourth-order valence-corrected chi connectivity index (χ4v) is 2.79. The standard InChI is InChI=1S/C13H22BrF2NO/c1-9(2)11(5-8-14)17-12(18)10-3-6-13(15,16)7-4-10/h9-11H,3-8H2,1-2H3,(H,17,18). The van der Waals surface area contributed by atoms with Crippen molar-refractivity contribution in [1.29, 1.82) is 0 Å². The van der Waals surface area contributed by atoms with E-state index in [9.17, 15) is 13.6 Å². The van der Waals surface area contributed by atoms with E-state index in [2.05, 4.69) is 35.1 Å². The molecule has 1 saturated carbocycles. The van der Waals surface area contributed by atoms with E-state index >= 15 is 0 Å². The SMILES string of the molecule is CC(C)C(CCBr)NC(=O)C1CCC(F)(F)CC1. The van der Waals surface area contributed by atoms with Crippen LogP contribution in [0, 0.1) is 11.8 Å². The summed E-state index contributed by atoms with van der Waals surface area (Å²) in [5.41, 5.74) is 0. The van der Waals surface area contributed by atoms with Gasteiger partial charge in [-0.05, 0) is 25.2 Å². The van der Waals surface area contributed by atoms with Gasteiger partial charge < -0.3 is 5.32 Å². The predicted molar refractivity (Wildman–Crippen MR) is 72.1 cm³/mol. The van der Waals surface area contributed by atoms with E-state index in [1.54, 1.807) is 0 Å². The Morgan fingerprint density at radius 2 is 1.94 bits per heavy atom. The minimum Gasteiger partial charge on any atom is -0.353 e. The van der Waals surface area contributed by atoms with Crippen molar-refractivity contribution in [3.8, 4) is 0 Å². The summed E-state index contributed by atoms with van der Waals surface area (Å²) in [5, 5.41) is 3.83. The van der Waals surface area contributed by atoms with Crippen molar-refractivity contribution < 1.29 is 13.6 Å². The zero-order valence-electron chi connectivity index (χ0n) is 11.0. The van der Waals surface area contributed by atoms with Crippen LogP contribution in [0.1, 0.15) is 46.0 Å². The van der Waals surface area contributed by atoms with Crippen LogP contribution in [-0.2, 0) is 4.79 Å². The minimum absolute atomic E-state index is 0.0508. The van der Waals surface area contributed by atoms with E-state index in [0.29, 0.717) is 18.8 Å². The number of nitrogens with one attached hydrogen (secondary N) is 1. The Morgan fingerprint density at radius 3 is 2.39 bits per heavy atom. The average Bonchev–Trinajstić information content (AvgIpc) is 2.28. The number of alkyl halides is 3. The van der Waals surface area contributed by atoms with Crippen molar-refractivity contribution >= 4 is 21.8 Å². The van der Waals surface area contributed by atoms with Crippen molar-refractivity contribution in [2.45, 2.75) is 57.9 Å². The van der Waals surface area contributed by atoms with Crippen molar-refractivity contribution in [1.82, 2.24) is 5.32 Å². The third kappa shape index (κ3) is 4.82. The molecule has 1 rings (SSSR count). The molecule has 0 bridgehead atoms. The van der Waals surface area contributed by atoms with Gasteiger partial charge in [-0.25, -0.2) is 8.78 Å². The number of rotatable bonds is 5. The summed E-state index contributed by atoms with van der Waals surface area (Å²) in [4.78, 5) is 12.0. The molecule has 1 aliphatic carbocycles. The first kappa shape index (κ1) is 15.9. The predicted octanol–water partition coefficient (Wildman–Crippen LogP) is 3.74. The summed E-state index contributed by atoms with van der Waals surface area (Å²) in [7, 11) is 0. The normalized spacial score (nSPS) is 21.9. The smallest absolute Gasteiger partial charge is 0.248 e. The summed E-state index contributed by atoms with van der Waals surface area (Å²) < 4.78 is 26.0. The number of halogens is 3. The van der Waals surface area contributed by atoms with Gasteiger partial charge in [-0.1, -0.05) is 29.8 Å². The van der Waals surface area contributed by atoms with Crippen LogP contribution < -0.4 is 5.32 Å². The second-order valence-electron chi connectivity index (χ2n) is 5.47. The summed E-state index contributed by atoms with van der Waals surface area (Å²) >= 11 is 3.37. The molecule has 1 unspecified atom stereocenters. The molecule has 0 saturated heterocycles. The molecule has 0 aromatic heterocycles. The van der Waals surface area contributed by atoms with Gasteiger partial charge in [-0.3, -0.25) is 4.79 Å². The van der Waals surface area contributed by atoms with Gasteiger partial charge in [0.15, 0.2) is 0 Å². The van der Waals surface area contributed by atoms with Gasteiger partial charge in [0.1, 0.15) is 0 Å². The molecule has 0 heterocycles. The lowest BCUT2D eigenvalue weighted by Crippen LogP contribution is -2.43. The van der Waals surface area contributed by atoms with Crippen molar-refractivity contribution in [3.63, 3.8) is 0 Å². The lowest BCUT2D eigenvalue weighted by molar-refractivity contribution is -0.130. The molecular weight excluding hydrogens is 304 g/mol. The van der Waals surface area contributed by atoms with E-state index in [1.807, 2.05) is 0 Å². The van der Waals surface area contributed by atoms with E-state index < -0.39 is 5.92 Å². The molecule has 1 atom stereocenters. The van der Waals surface area contributed by atoms with Gasteiger partial charge in [-0.2, -0.15) is 0 Å². The van der Waals surface area contributed by atoms with Crippen LogP contribution in [0.5, 0.6) is 0 Å². The van der Waals surface area contributed by atoms with E-state index in [-0.39, 0.29) is 30.7 Å². The molecule has 1 fully saturated rings. The van der Waals surface area contributed by atoms with Crippen molar-refractivity contribution in [2.75, 3.05) is 5.33 Å². The van der Waals surface area contributed by atoms with Crippen molar-refractivity contribution in [3.05, 3.63) is 0 Å². The first-order valence-corrected chi connectivity index (χ1v) is 7.72. The van der Waals surface area contributed by atoms with E-state index in [0.717, 1.165) is 11.8 Å². The van der Waals surface area contributed by atoms with Gasteiger partial charge in [0.05, 0.1) is 0 Å². The lowest BCUT2D eigenvalue weighted by atomic mass is 9.86. The minimum atomic E-state index is -2.57. The third-order valence-electron chi connectivity index (χ3n) is 3.64. The number of amides is 1. The molecule has 0 aromatic carbocycles. The Labute approximate surface area is 116 Å². The maximum atomic E-state index is 13.0. The molecule has 0 spiro atoms. The van der Waals surface area contributed by atoms with Crippen LogP contribution in [0.15, 0.2) is 0 Å². The quantitative estimate of drug-likeness (QED) is 0.766. The highest BCUT2D eigenvalue weighted by atomic mass is 79.9. The van der Waals surface area contributed by atoms with E-state index in [1.165, 1.54) is 0 Å². The molecule has 2 nitrogen and oxygen atoms in total. The molecule has 1 N–H and O–H groups in total. The topological polar surface area (TPSA) is 29.1 Å². The molecule has 0 radical (unpaired) electrons. The summed E-state index contributed by atoms with van der Waals surface area (Å²) in [6.45, 7) is 4.12. The molecule has 0 aromatic rings. The molecular formula is C13H22BrF2NO. The van der Waals surface area contributed by atoms with Crippen LogP contribution >= 0.6 is 15.9 Å². The highest BCUT2D eigenvalue weighted by Gasteiger charge is 2.37. The number of carbonyl (C=O) groups excluding carboxylic acids is 1. The highest BCUT2D eigenvalue weighted by molar-refractivity contribution is 9.09. The largest absolute Gasteiger partial charge is 0.353 e. The summed E-state index contributed by atoms with van der Waals surface area (Å²) in [5.74, 6) is -2.49. The van der Waals surface area contributed by atoms with Gasteiger partial charge >= 0.3 is 0 Å². The number of carbonyl (C=O) groups is 1. The van der Waals surface area contributed by atoms with Gasteiger partial charge in [-0.15, -0.1) is 0 Å². The lowest BCUT2D eigenvalue weighted by Gasteiger charge is -2.30. The highest BCUT2D eigenvalue weighted by Crippen LogP contribution is 2.36. The fraction of sp³-hybridized carbons (Fsp3) is 0.923. The Hall–Kier alpha value is -0.190. The van der Waals surface area contributed by atoms with Gasteiger partial charge in [0, 0.05) is 30.1 Å². The molecule has 0 aliphatic heterocycles.